The van der Waals surface area contributed by atoms with Crippen LogP contribution in [0.2, 0.25) is 0 Å². The molecular formula is C11H11FN2O3S. The van der Waals surface area contributed by atoms with Gasteiger partial charge in [0.2, 0.25) is 10.0 Å². The molecule has 2 rings (SSSR count). The van der Waals surface area contributed by atoms with E-state index in [0.717, 1.165) is 18.2 Å². The molecule has 0 amide bonds. The average Bonchev–Trinajstić information content (AvgIpc) is 2.83. The monoisotopic (exact) mass is 270 g/mol. The lowest BCUT2D eigenvalue weighted by molar-refractivity contribution is 0.561. The van der Waals surface area contributed by atoms with Crippen molar-refractivity contribution in [2.24, 2.45) is 0 Å². The molecule has 2 aromatic rings. The molecule has 0 spiro atoms. The van der Waals surface area contributed by atoms with Gasteiger partial charge in [0.25, 0.3) is 0 Å². The third-order valence-corrected chi connectivity index (χ3v) is 3.72. The second-order valence-electron chi connectivity index (χ2n) is 3.64. The summed E-state index contributed by atoms with van der Waals surface area (Å²) in [4.78, 5) is -0.0788. The minimum Gasteiger partial charge on any atom is -0.472 e. The van der Waals surface area contributed by atoms with Crippen LogP contribution in [-0.2, 0) is 16.6 Å². The Morgan fingerprint density at radius 1 is 1.33 bits per heavy atom. The fourth-order valence-corrected chi connectivity index (χ4v) is 2.40. The minimum absolute atomic E-state index is 0.0788. The zero-order valence-electron chi connectivity index (χ0n) is 9.26. The van der Waals surface area contributed by atoms with E-state index < -0.39 is 15.8 Å². The van der Waals surface area contributed by atoms with Gasteiger partial charge in [0.1, 0.15) is 5.82 Å². The molecule has 1 aromatic carbocycles. The molecule has 5 nitrogen and oxygen atoms in total. The third kappa shape index (κ3) is 2.69. The van der Waals surface area contributed by atoms with Crippen LogP contribution in [0.3, 0.4) is 0 Å². The zero-order chi connectivity index (χ0) is 13.2. The highest BCUT2D eigenvalue weighted by atomic mass is 32.2. The topological polar surface area (TPSA) is 85.3 Å². The van der Waals surface area contributed by atoms with Crippen molar-refractivity contribution in [2.75, 3.05) is 5.73 Å². The van der Waals surface area contributed by atoms with Crippen molar-refractivity contribution in [3.05, 3.63) is 48.2 Å². The number of nitrogens with one attached hydrogen (secondary N) is 1. The first-order valence-corrected chi connectivity index (χ1v) is 6.53. The highest BCUT2D eigenvalue weighted by molar-refractivity contribution is 7.89. The van der Waals surface area contributed by atoms with Crippen LogP contribution in [0.15, 0.2) is 46.1 Å². The normalized spacial score (nSPS) is 11.6. The van der Waals surface area contributed by atoms with Gasteiger partial charge in [-0.15, -0.1) is 0 Å². The number of hydrogen-bond donors (Lipinski definition) is 2. The predicted octanol–water partition coefficient (Wildman–Crippen LogP) is 1.48. The number of benzene rings is 1. The lowest BCUT2D eigenvalue weighted by Gasteiger charge is -2.06. The van der Waals surface area contributed by atoms with Crippen LogP contribution in [-0.4, -0.2) is 8.42 Å². The molecule has 96 valence electrons. The Morgan fingerprint density at radius 3 is 2.72 bits per heavy atom. The van der Waals surface area contributed by atoms with Crippen molar-refractivity contribution >= 4 is 15.7 Å². The number of anilines is 1. The van der Waals surface area contributed by atoms with Crippen molar-refractivity contribution < 1.29 is 17.2 Å². The summed E-state index contributed by atoms with van der Waals surface area (Å²) < 4.78 is 43.9. The summed E-state index contributed by atoms with van der Waals surface area (Å²) in [5.41, 5.74) is 5.81. The first-order chi connectivity index (χ1) is 8.49. The Labute approximate surface area is 103 Å². The van der Waals surface area contributed by atoms with Crippen LogP contribution < -0.4 is 10.5 Å². The maximum absolute atomic E-state index is 12.9. The van der Waals surface area contributed by atoms with E-state index in [2.05, 4.69) is 4.72 Å². The Hall–Kier alpha value is -1.86. The summed E-state index contributed by atoms with van der Waals surface area (Å²) in [5.74, 6) is -0.649. The van der Waals surface area contributed by atoms with Crippen LogP contribution in [0.4, 0.5) is 10.1 Å². The summed E-state index contributed by atoms with van der Waals surface area (Å²) >= 11 is 0. The van der Waals surface area contributed by atoms with Crippen LogP contribution in [0.25, 0.3) is 0 Å². The molecule has 0 aliphatic rings. The summed E-state index contributed by atoms with van der Waals surface area (Å²) in [6.45, 7) is 0.0934. The van der Waals surface area contributed by atoms with Gasteiger partial charge in [0.05, 0.1) is 23.1 Å². The Bertz CT molecular complexity index is 638. The van der Waals surface area contributed by atoms with Gasteiger partial charge >= 0.3 is 0 Å². The SMILES string of the molecule is Nc1cc(S(=O)(=O)NCc2ccoc2)ccc1F. The smallest absolute Gasteiger partial charge is 0.240 e. The Kier molecular flexibility index (Phi) is 3.35. The third-order valence-electron chi connectivity index (χ3n) is 2.32. The number of furan rings is 1. The van der Waals surface area contributed by atoms with E-state index in [1.807, 2.05) is 0 Å². The van der Waals surface area contributed by atoms with Gasteiger partial charge in [-0.05, 0) is 24.3 Å². The van der Waals surface area contributed by atoms with Crippen LogP contribution >= 0.6 is 0 Å². The van der Waals surface area contributed by atoms with Crippen molar-refractivity contribution in [3.8, 4) is 0 Å². The lowest BCUT2D eigenvalue weighted by Crippen LogP contribution is -2.23. The quantitative estimate of drug-likeness (QED) is 0.824. The van der Waals surface area contributed by atoms with Gasteiger partial charge < -0.3 is 10.2 Å². The standard InChI is InChI=1S/C11H11FN2O3S/c12-10-2-1-9(5-11(10)13)18(15,16)14-6-8-3-4-17-7-8/h1-5,7,14H,6,13H2. The summed E-state index contributed by atoms with van der Waals surface area (Å²) in [5, 5.41) is 0. The Balaban J connectivity index is 2.17. The molecular weight excluding hydrogens is 259 g/mol. The molecule has 1 aromatic heterocycles. The van der Waals surface area contributed by atoms with Gasteiger partial charge in [-0.1, -0.05) is 0 Å². The van der Waals surface area contributed by atoms with E-state index >= 15 is 0 Å². The highest BCUT2D eigenvalue weighted by Gasteiger charge is 2.15. The molecule has 0 radical (unpaired) electrons. The second kappa shape index (κ2) is 4.79. The fraction of sp³-hybridized carbons (Fsp3) is 0.0909. The van der Waals surface area contributed by atoms with Crippen LogP contribution in [0, 0.1) is 5.82 Å². The van der Waals surface area contributed by atoms with Gasteiger partial charge in [0.15, 0.2) is 0 Å². The first-order valence-electron chi connectivity index (χ1n) is 5.05. The fourth-order valence-electron chi connectivity index (χ4n) is 1.34. The molecule has 0 saturated carbocycles. The second-order valence-corrected chi connectivity index (χ2v) is 5.41. The van der Waals surface area contributed by atoms with Crippen LogP contribution in [0.1, 0.15) is 5.56 Å². The maximum Gasteiger partial charge on any atom is 0.240 e. The van der Waals surface area contributed by atoms with E-state index in [4.69, 9.17) is 10.2 Å². The molecule has 0 fully saturated rings. The molecule has 0 aliphatic heterocycles. The lowest BCUT2D eigenvalue weighted by atomic mass is 10.3. The van der Waals surface area contributed by atoms with E-state index in [-0.39, 0.29) is 17.1 Å². The van der Waals surface area contributed by atoms with Crippen molar-refractivity contribution in [1.29, 1.82) is 0 Å². The molecule has 0 aliphatic carbocycles. The largest absolute Gasteiger partial charge is 0.472 e. The van der Waals surface area contributed by atoms with Gasteiger partial charge in [-0.2, -0.15) is 0 Å². The number of hydrogen-bond acceptors (Lipinski definition) is 4. The van der Waals surface area contributed by atoms with Gasteiger partial charge in [-0.25, -0.2) is 17.5 Å². The molecule has 0 bridgehead atoms. The number of rotatable bonds is 4. The van der Waals surface area contributed by atoms with Crippen LogP contribution in [0.5, 0.6) is 0 Å². The van der Waals surface area contributed by atoms with Crippen molar-refractivity contribution in [2.45, 2.75) is 11.4 Å². The van der Waals surface area contributed by atoms with E-state index in [1.165, 1.54) is 12.5 Å². The number of nitrogen functional groups attached to an aromatic ring is 1. The van der Waals surface area contributed by atoms with Gasteiger partial charge in [0, 0.05) is 12.1 Å². The predicted molar refractivity (Wildman–Crippen MR) is 63.5 cm³/mol. The molecule has 18 heavy (non-hydrogen) atoms. The first kappa shape index (κ1) is 12.6. The van der Waals surface area contributed by atoms with E-state index in [9.17, 15) is 12.8 Å². The summed E-state index contributed by atoms with van der Waals surface area (Å²) in [6.07, 6.45) is 2.88. The maximum atomic E-state index is 12.9. The molecule has 3 N–H and O–H groups in total. The molecule has 0 atom stereocenters. The molecule has 7 heteroatoms. The summed E-state index contributed by atoms with van der Waals surface area (Å²) in [6, 6.07) is 4.89. The molecule has 0 saturated heterocycles. The Morgan fingerprint density at radius 2 is 2.11 bits per heavy atom. The molecule has 0 unspecified atom stereocenters. The van der Waals surface area contributed by atoms with Crippen molar-refractivity contribution in [3.63, 3.8) is 0 Å². The number of sulfonamides is 1. The summed E-state index contributed by atoms with van der Waals surface area (Å²) in [7, 11) is -3.71. The minimum atomic E-state index is -3.71. The number of halogens is 1. The van der Waals surface area contributed by atoms with E-state index in [1.54, 1.807) is 6.07 Å². The average molecular weight is 270 g/mol. The van der Waals surface area contributed by atoms with Crippen molar-refractivity contribution in [1.82, 2.24) is 4.72 Å². The van der Waals surface area contributed by atoms with Gasteiger partial charge in [-0.3, -0.25) is 0 Å². The highest BCUT2D eigenvalue weighted by Crippen LogP contribution is 2.16. The zero-order valence-corrected chi connectivity index (χ0v) is 10.1. The molecule has 1 heterocycles. The van der Waals surface area contributed by atoms with E-state index in [0.29, 0.717) is 5.56 Å². The number of nitrogens with two attached hydrogens (primary N) is 1.